The van der Waals surface area contributed by atoms with Gasteiger partial charge >= 0.3 is 0 Å². The van der Waals surface area contributed by atoms with E-state index in [1.807, 2.05) is 0 Å². The Morgan fingerprint density at radius 3 is 2.13 bits per heavy atom. The average Bonchev–Trinajstić information content (AvgIpc) is 2.98. The second-order valence-electron chi connectivity index (χ2n) is 4.85. The summed E-state index contributed by atoms with van der Waals surface area (Å²) in [5.41, 5.74) is 2.38. The fraction of sp³-hybridized carbons (Fsp3) is 0.0588. The number of aliphatic hydroxyl groups is 1. The van der Waals surface area contributed by atoms with Crippen LogP contribution in [0.2, 0.25) is 0 Å². The van der Waals surface area contributed by atoms with Crippen molar-refractivity contribution < 1.29 is 13.9 Å². The molecule has 0 fully saturated rings. The highest BCUT2D eigenvalue weighted by Gasteiger charge is 2.11. The first-order chi connectivity index (χ1) is 11.2. The van der Waals surface area contributed by atoms with Crippen LogP contribution in [0, 0.1) is 11.6 Å². The first-order valence-electron chi connectivity index (χ1n) is 6.92. The molecule has 0 atom stereocenters. The van der Waals surface area contributed by atoms with Crippen molar-refractivity contribution in [2.75, 3.05) is 0 Å². The molecule has 2 aromatic carbocycles. The van der Waals surface area contributed by atoms with Gasteiger partial charge in [-0.15, -0.1) is 5.10 Å². The standard InChI is InChI=1S/C17H13F2N3O/c18-13-4-1-12(2-5-13)3-10-17-16(11-23)20-21-22(17)15-8-6-14(19)7-9-15/h1-10,23H,11H2/b10-3+. The zero-order chi connectivity index (χ0) is 16.2. The Morgan fingerprint density at radius 2 is 1.52 bits per heavy atom. The first-order valence-corrected chi connectivity index (χ1v) is 6.92. The maximum absolute atomic E-state index is 13.0. The summed E-state index contributed by atoms with van der Waals surface area (Å²) in [5.74, 6) is -0.657. The predicted molar refractivity (Wildman–Crippen MR) is 82.6 cm³/mol. The van der Waals surface area contributed by atoms with Gasteiger partial charge in [-0.1, -0.05) is 23.4 Å². The Labute approximate surface area is 131 Å². The molecule has 0 spiro atoms. The molecule has 0 aliphatic heterocycles. The van der Waals surface area contributed by atoms with Crippen LogP contribution in [-0.2, 0) is 6.61 Å². The quantitative estimate of drug-likeness (QED) is 0.804. The third kappa shape index (κ3) is 3.32. The smallest absolute Gasteiger partial charge is 0.123 e. The monoisotopic (exact) mass is 313 g/mol. The van der Waals surface area contributed by atoms with Crippen molar-refractivity contribution in [2.45, 2.75) is 6.61 Å². The van der Waals surface area contributed by atoms with E-state index in [1.54, 1.807) is 36.4 Å². The number of halogens is 2. The van der Waals surface area contributed by atoms with Gasteiger partial charge in [0, 0.05) is 0 Å². The minimum Gasteiger partial charge on any atom is -0.390 e. The van der Waals surface area contributed by atoms with E-state index in [9.17, 15) is 13.9 Å². The maximum atomic E-state index is 13.0. The molecule has 6 heteroatoms. The predicted octanol–water partition coefficient (Wildman–Crippen LogP) is 3.21. The molecule has 4 nitrogen and oxygen atoms in total. The minimum absolute atomic E-state index is 0.274. The van der Waals surface area contributed by atoms with Crippen molar-refractivity contribution in [3.8, 4) is 5.69 Å². The molecule has 0 aliphatic rings. The molecule has 0 saturated heterocycles. The van der Waals surface area contributed by atoms with Crippen LogP contribution in [0.3, 0.4) is 0 Å². The summed E-state index contributed by atoms with van der Waals surface area (Å²) in [6.45, 7) is -0.274. The summed E-state index contributed by atoms with van der Waals surface area (Å²) in [7, 11) is 0. The molecule has 116 valence electrons. The molecule has 0 bridgehead atoms. The summed E-state index contributed by atoms with van der Waals surface area (Å²) in [6.07, 6.45) is 3.49. The van der Waals surface area contributed by atoms with Crippen molar-refractivity contribution >= 4 is 12.2 Å². The van der Waals surface area contributed by atoms with Gasteiger partial charge in [0.05, 0.1) is 18.0 Å². The van der Waals surface area contributed by atoms with E-state index in [4.69, 9.17) is 0 Å². The summed E-state index contributed by atoms with van der Waals surface area (Å²) >= 11 is 0. The molecule has 3 rings (SSSR count). The zero-order valence-electron chi connectivity index (χ0n) is 12.0. The lowest BCUT2D eigenvalue weighted by atomic mass is 10.2. The van der Waals surface area contributed by atoms with Gasteiger partial charge in [-0.2, -0.15) is 0 Å². The summed E-state index contributed by atoms with van der Waals surface area (Å²) < 4.78 is 27.5. The fourth-order valence-corrected chi connectivity index (χ4v) is 2.12. The van der Waals surface area contributed by atoms with Crippen LogP contribution in [0.4, 0.5) is 8.78 Å². The molecule has 0 unspecified atom stereocenters. The Morgan fingerprint density at radius 1 is 0.913 bits per heavy atom. The molecule has 3 aromatic rings. The molecule has 0 radical (unpaired) electrons. The molecule has 0 saturated carbocycles. The summed E-state index contributed by atoms with van der Waals surface area (Å²) in [5, 5.41) is 17.3. The highest BCUT2D eigenvalue weighted by molar-refractivity contribution is 5.69. The van der Waals surface area contributed by atoms with Crippen LogP contribution >= 0.6 is 0 Å². The van der Waals surface area contributed by atoms with E-state index in [0.717, 1.165) is 5.56 Å². The van der Waals surface area contributed by atoms with Gasteiger partial charge in [0.15, 0.2) is 0 Å². The zero-order valence-corrected chi connectivity index (χ0v) is 12.0. The van der Waals surface area contributed by atoms with Crippen molar-refractivity contribution in [1.29, 1.82) is 0 Å². The lowest BCUT2D eigenvalue weighted by Crippen LogP contribution is -2.00. The number of aliphatic hydroxyl groups excluding tert-OH is 1. The van der Waals surface area contributed by atoms with Crippen LogP contribution in [-0.4, -0.2) is 20.1 Å². The van der Waals surface area contributed by atoms with Gasteiger partial charge in [-0.25, -0.2) is 13.5 Å². The highest BCUT2D eigenvalue weighted by Crippen LogP contribution is 2.17. The normalized spacial score (nSPS) is 11.3. The van der Waals surface area contributed by atoms with Crippen LogP contribution in [0.15, 0.2) is 48.5 Å². The molecular weight excluding hydrogens is 300 g/mol. The van der Waals surface area contributed by atoms with Crippen molar-refractivity contribution in [2.24, 2.45) is 0 Å². The van der Waals surface area contributed by atoms with Gasteiger partial charge in [-0.05, 0) is 48.0 Å². The molecule has 0 aliphatic carbocycles. The van der Waals surface area contributed by atoms with Gasteiger partial charge in [0.25, 0.3) is 0 Å². The molecule has 1 heterocycles. The van der Waals surface area contributed by atoms with Crippen LogP contribution in [0.1, 0.15) is 17.0 Å². The van der Waals surface area contributed by atoms with Crippen LogP contribution in [0.5, 0.6) is 0 Å². The lowest BCUT2D eigenvalue weighted by Gasteiger charge is -2.04. The molecular formula is C17H13F2N3O. The van der Waals surface area contributed by atoms with E-state index < -0.39 is 0 Å². The molecule has 1 aromatic heterocycles. The number of nitrogens with zero attached hydrogens (tertiary/aromatic N) is 3. The Hall–Kier alpha value is -2.86. The first kappa shape index (κ1) is 15.1. The summed E-state index contributed by atoms with van der Waals surface area (Å²) in [4.78, 5) is 0. The SMILES string of the molecule is OCc1nnn(-c2ccc(F)cc2)c1/C=C/c1ccc(F)cc1. The highest BCUT2D eigenvalue weighted by atomic mass is 19.1. The fourth-order valence-electron chi connectivity index (χ4n) is 2.12. The summed E-state index contributed by atoms with van der Waals surface area (Å²) in [6, 6.07) is 11.8. The van der Waals surface area contributed by atoms with Crippen molar-refractivity contribution in [3.63, 3.8) is 0 Å². The van der Waals surface area contributed by atoms with E-state index >= 15 is 0 Å². The van der Waals surface area contributed by atoms with Crippen molar-refractivity contribution in [1.82, 2.24) is 15.0 Å². The Kier molecular flexibility index (Phi) is 4.25. The van der Waals surface area contributed by atoms with Gasteiger partial charge in [0.2, 0.25) is 0 Å². The Bertz CT molecular complexity index is 824. The van der Waals surface area contributed by atoms with E-state index in [0.29, 0.717) is 17.1 Å². The second-order valence-corrected chi connectivity index (χ2v) is 4.85. The number of hydrogen-bond acceptors (Lipinski definition) is 3. The second kappa shape index (κ2) is 6.50. The number of aromatic nitrogens is 3. The Balaban J connectivity index is 1.98. The van der Waals surface area contributed by atoms with E-state index in [2.05, 4.69) is 10.3 Å². The topological polar surface area (TPSA) is 50.9 Å². The maximum Gasteiger partial charge on any atom is 0.123 e. The van der Waals surface area contributed by atoms with Crippen molar-refractivity contribution in [3.05, 3.63) is 77.1 Å². The van der Waals surface area contributed by atoms with Crippen LogP contribution in [0.25, 0.3) is 17.8 Å². The van der Waals surface area contributed by atoms with Gasteiger partial charge in [-0.3, -0.25) is 0 Å². The minimum atomic E-state index is -0.348. The third-order valence-corrected chi connectivity index (χ3v) is 3.30. The number of hydrogen-bond donors (Lipinski definition) is 1. The largest absolute Gasteiger partial charge is 0.390 e. The molecule has 23 heavy (non-hydrogen) atoms. The lowest BCUT2D eigenvalue weighted by molar-refractivity contribution is 0.276. The van der Waals surface area contributed by atoms with E-state index in [1.165, 1.54) is 28.9 Å². The van der Waals surface area contributed by atoms with Gasteiger partial charge < -0.3 is 5.11 Å². The number of rotatable bonds is 4. The molecule has 1 N–H and O–H groups in total. The third-order valence-electron chi connectivity index (χ3n) is 3.30. The van der Waals surface area contributed by atoms with E-state index in [-0.39, 0.29) is 18.2 Å². The molecule has 0 amide bonds. The number of benzene rings is 2. The van der Waals surface area contributed by atoms with Crippen LogP contribution < -0.4 is 0 Å². The van der Waals surface area contributed by atoms with Gasteiger partial charge in [0.1, 0.15) is 17.3 Å². The average molecular weight is 313 g/mol.